The van der Waals surface area contributed by atoms with Gasteiger partial charge in [-0.1, -0.05) is 19.9 Å². The molecule has 1 aliphatic heterocycles. The molecule has 28 heavy (non-hydrogen) atoms. The molecular formula is C20H25N3O3S2. The molecule has 1 aromatic carbocycles. The highest BCUT2D eigenvalue weighted by molar-refractivity contribution is 7.99. The molecule has 0 bridgehead atoms. The standard InChI is InChI=1S/C20H25N3O3S2/c1-3-22(4-2)28(25,26)18-8-9-19-16(13-18)10-12-23(19)20(24)15-27-14-17-7-5-6-11-21-17/h5-9,11,13H,3-4,10,12,14-15H2,1-2H3. The third kappa shape index (κ3) is 4.39. The molecule has 6 nitrogen and oxygen atoms in total. The molecule has 2 heterocycles. The zero-order valence-corrected chi connectivity index (χ0v) is 17.8. The number of rotatable bonds is 8. The third-order valence-electron chi connectivity index (χ3n) is 4.79. The average molecular weight is 420 g/mol. The van der Waals surface area contributed by atoms with Gasteiger partial charge in [-0.15, -0.1) is 11.8 Å². The molecule has 1 amide bonds. The van der Waals surface area contributed by atoms with Crippen molar-refractivity contribution in [3.63, 3.8) is 0 Å². The second-order valence-electron chi connectivity index (χ2n) is 6.49. The highest BCUT2D eigenvalue weighted by Gasteiger charge is 2.28. The van der Waals surface area contributed by atoms with Crippen molar-refractivity contribution in [3.8, 4) is 0 Å². The van der Waals surface area contributed by atoms with E-state index in [0.29, 0.717) is 42.5 Å². The van der Waals surface area contributed by atoms with Crippen LogP contribution in [0.5, 0.6) is 0 Å². The molecule has 150 valence electrons. The number of pyridine rings is 1. The molecule has 0 spiro atoms. The maximum Gasteiger partial charge on any atom is 0.243 e. The Morgan fingerprint density at radius 2 is 2.00 bits per heavy atom. The van der Waals surface area contributed by atoms with Crippen LogP contribution < -0.4 is 4.90 Å². The molecule has 3 rings (SSSR count). The lowest BCUT2D eigenvalue weighted by Crippen LogP contribution is -2.31. The average Bonchev–Trinajstić information content (AvgIpc) is 3.13. The van der Waals surface area contributed by atoms with Crippen molar-refractivity contribution in [2.24, 2.45) is 0 Å². The molecule has 1 aromatic heterocycles. The largest absolute Gasteiger partial charge is 0.311 e. The minimum Gasteiger partial charge on any atom is -0.311 e. The summed E-state index contributed by atoms with van der Waals surface area (Å²) in [5.41, 5.74) is 2.69. The second-order valence-corrected chi connectivity index (χ2v) is 9.41. The Morgan fingerprint density at radius 1 is 1.21 bits per heavy atom. The van der Waals surface area contributed by atoms with E-state index in [1.807, 2.05) is 32.0 Å². The van der Waals surface area contributed by atoms with Gasteiger partial charge in [-0.3, -0.25) is 9.78 Å². The van der Waals surface area contributed by atoms with Crippen molar-refractivity contribution < 1.29 is 13.2 Å². The maximum atomic E-state index is 12.7. The fourth-order valence-electron chi connectivity index (χ4n) is 3.31. The summed E-state index contributed by atoms with van der Waals surface area (Å²) in [5.74, 6) is 1.10. The number of amides is 1. The van der Waals surface area contributed by atoms with E-state index in [-0.39, 0.29) is 5.91 Å². The SMILES string of the molecule is CCN(CC)S(=O)(=O)c1ccc2c(c1)CCN2C(=O)CSCc1ccccn1. The Bertz CT molecular complexity index is 929. The van der Waals surface area contributed by atoms with Crippen LogP contribution in [0, 0.1) is 0 Å². The van der Waals surface area contributed by atoms with Crippen LogP contribution in [0.15, 0.2) is 47.5 Å². The van der Waals surface area contributed by atoms with Crippen molar-refractivity contribution >= 4 is 33.4 Å². The Kier molecular flexibility index (Phi) is 6.74. The lowest BCUT2D eigenvalue weighted by Gasteiger charge is -2.20. The molecule has 0 N–H and O–H groups in total. The zero-order valence-electron chi connectivity index (χ0n) is 16.2. The zero-order chi connectivity index (χ0) is 20.1. The predicted molar refractivity (Wildman–Crippen MR) is 113 cm³/mol. The highest BCUT2D eigenvalue weighted by atomic mass is 32.2. The van der Waals surface area contributed by atoms with Gasteiger partial charge in [-0.05, 0) is 42.3 Å². The molecule has 0 atom stereocenters. The van der Waals surface area contributed by atoms with Crippen LogP contribution in [0.1, 0.15) is 25.1 Å². The minimum absolute atomic E-state index is 0.0408. The molecule has 0 saturated carbocycles. The van der Waals surface area contributed by atoms with Crippen molar-refractivity contribution in [2.75, 3.05) is 30.3 Å². The van der Waals surface area contributed by atoms with Gasteiger partial charge >= 0.3 is 0 Å². The Morgan fingerprint density at radius 3 is 2.68 bits per heavy atom. The first kappa shape index (κ1) is 20.8. The van der Waals surface area contributed by atoms with Crippen molar-refractivity contribution in [1.29, 1.82) is 0 Å². The molecule has 0 aliphatic carbocycles. The van der Waals surface area contributed by atoms with Gasteiger partial charge in [0, 0.05) is 37.3 Å². The molecule has 1 aliphatic rings. The fraction of sp³-hybridized carbons (Fsp3) is 0.400. The lowest BCUT2D eigenvalue weighted by molar-refractivity contribution is -0.116. The Labute approximate surface area is 171 Å². The smallest absolute Gasteiger partial charge is 0.243 e. The first-order valence-electron chi connectivity index (χ1n) is 9.38. The van der Waals surface area contributed by atoms with E-state index >= 15 is 0 Å². The van der Waals surface area contributed by atoms with Crippen molar-refractivity contribution in [1.82, 2.24) is 9.29 Å². The van der Waals surface area contributed by atoms with Crippen LogP contribution >= 0.6 is 11.8 Å². The van der Waals surface area contributed by atoms with Gasteiger partial charge < -0.3 is 4.90 Å². The van der Waals surface area contributed by atoms with Gasteiger partial charge in [0.05, 0.1) is 16.3 Å². The summed E-state index contributed by atoms with van der Waals surface area (Å²) >= 11 is 1.54. The van der Waals surface area contributed by atoms with E-state index in [0.717, 1.165) is 16.9 Å². The number of hydrogen-bond donors (Lipinski definition) is 0. The second kappa shape index (κ2) is 9.07. The summed E-state index contributed by atoms with van der Waals surface area (Å²) in [6.07, 6.45) is 2.42. The third-order valence-corrected chi connectivity index (χ3v) is 7.79. The number of carbonyl (C=O) groups is 1. The quantitative estimate of drug-likeness (QED) is 0.658. The van der Waals surface area contributed by atoms with E-state index in [1.54, 1.807) is 29.3 Å². The first-order chi connectivity index (χ1) is 13.5. The number of thioether (sulfide) groups is 1. The normalized spacial score (nSPS) is 13.8. The summed E-state index contributed by atoms with van der Waals surface area (Å²) in [4.78, 5) is 19.0. The molecule has 0 saturated heterocycles. The highest BCUT2D eigenvalue weighted by Crippen LogP contribution is 2.31. The van der Waals surface area contributed by atoms with Crippen LogP contribution in [-0.4, -0.2) is 49.0 Å². The molecule has 8 heteroatoms. The molecule has 0 fully saturated rings. The molecular weight excluding hydrogens is 394 g/mol. The van der Waals surface area contributed by atoms with Crippen molar-refractivity contribution in [2.45, 2.75) is 30.9 Å². The van der Waals surface area contributed by atoms with Gasteiger partial charge in [0.1, 0.15) is 0 Å². The monoisotopic (exact) mass is 419 g/mol. The van der Waals surface area contributed by atoms with Gasteiger partial charge in [-0.25, -0.2) is 8.42 Å². The maximum absolute atomic E-state index is 12.7. The van der Waals surface area contributed by atoms with Gasteiger partial charge in [0.25, 0.3) is 0 Å². The molecule has 0 unspecified atom stereocenters. The van der Waals surface area contributed by atoms with E-state index in [1.165, 1.54) is 16.1 Å². The number of carbonyl (C=O) groups excluding carboxylic acids is 1. The topological polar surface area (TPSA) is 70.6 Å². The van der Waals surface area contributed by atoms with Gasteiger partial charge in [0.2, 0.25) is 15.9 Å². The summed E-state index contributed by atoms with van der Waals surface area (Å²) < 4.78 is 26.9. The van der Waals surface area contributed by atoms with E-state index in [9.17, 15) is 13.2 Å². The first-order valence-corrected chi connectivity index (χ1v) is 12.0. The van der Waals surface area contributed by atoms with Crippen LogP contribution in [0.4, 0.5) is 5.69 Å². The minimum atomic E-state index is -3.49. The van der Waals surface area contributed by atoms with E-state index in [4.69, 9.17) is 0 Å². The van der Waals surface area contributed by atoms with Crippen LogP contribution in [-0.2, 0) is 27.0 Å². The summed E-state index contributed by atoms with van der Waals surface area (Å²) in [6.45, 7) is 5.13. The fourth-order valence-corrected chi connectivity index (χ4v) is 5.64. The number of sulfonamides is 1. The predicted octanol–water partition coefficient (Wildman–Crippen LogP) is 2.93. The van der Waals surface area contributed by atoms with Crippen molar-refractivity contribution in [3.05, 3.63) is 53.9 Å². The Hall–Kier alpha value is -1.90. The molecule has 0 radical (unpaired) electrons. The van der Waals surface area contributed by atoms with Crippen LogP contribution in [0.3, 0.4) is 0 Å². The van der Waals surface area contributed by atoms with Gasteiger partial charge in [0.15, 0.2) is 0 Å². The van der Waals surface area contributed by atoms with Crippen LogP contribution in [0.2, 0.25) is 0 Å². The van der Waals surface area contributed by atoms with E-state index < -0.39 is 10.0 Å². The summed E-state index contributed by atoms with van der Waals surface area (Å²) in [5, 5.41) is 0. The summed E-state index contributed by atoms with van der Waals surface area (Å²) in [6, 6.07) is 10.8. The number of benzene rings is 1. The van der Waals surface area contributed by atoms with Gasteiger partial charge in [-0.2, -0.15) is 4.31 Å². The van der Waals surface area contributed by atoms with Crippen LogP contribution in [0.25, 0.3) is 0 Å². The summed E-state index contributed by atoms with van der Waals surface area (Å²) in [7, 11) is -3.49. The van der Waals surface area contributed by atoms with E-state index in [2.05, 4.69) is 4.98 Å². The molecule has 2 aromatic rings. The number of nitrogens with zero attached hydrogens (tertiary/aromatic N) is 3. The number of aromatic nitrogens is 1. The number of anilines is 1. The number of hydrogen-bond acceptors (Lipinski definition) is 5. The Balaban J connectivity index is 1.68. The number of fused-ring (bicyclic) bond motifs is 1. The lowest BCUT2D eigenvalue weighted by atomic mass is 10.2.